The van der Waals surface area contributed by atoms with Gasteiger partial charge in [0, 0.05) is 6.04 Å². The molecule has 1 rings (SSSR count). The Balaban J connectivity index is 2.55. The summed E-state index contributed by atoms with van der Waals surface area (Å²) >= 11 is 0. The molecule has 3 heteroatoms. The standard InChI is InChI=1S/C10H15FN2/c11-9-5-3-8(4-6-9)10(13)2-1-7-12/h3-6,10H,1-2,7,12-13H2/t10-/m1/s1. The third-order valence-corrected chi connectivity index (χ3v) is 2.02. The summed E-state index contributed by atoms with van der Waals surface area (Å²) in [7, 11) is 0. The van der Waals surface area contributed by atoms with Gasteiger partial charge in [-0.2, -0.15) is 0 Å². The van der Waals surface area contributed by atoms with Crippen LogP contribution < -0.4 is 11.5 Å². The Kier molecular flexibility index (Phi) is 3.86. The zero-order chi connectivity index (χ0) is 9.68. The normalized spacial score (nSPS) is 12.8. The highest BCUT2D eigenvalue weighted by molar-refractivity contribution is 5.19. The molecule has 1 aromatic rings. The van der Waals surface area contributed by atoms with Gasteiger partial charge in [0.05, 0.1) is 0 Å². The molecule has 0 amide bonds. The predicted molar refractivity (Wildman–Crippen MR) is 51.6 cm³/mol. The van der Waals surface area contributed by atoms with Crippen LogP contribution in [0.15, 0.2) is 24.3 Å². The summed E-state index contributed by atoms with van der Waals surface area (Å²) in [5.41, 5.74) is 12.2. The topological polar surface area (TPSA) is 52.0 Å². The van der Waals surface area contributed by atoms with E-state index in [0.29, 0.717) is 6.54 Å². The van der Waals surface area contributed by atoms with E-state index in [9.17, 15) is 4.39 Å². The van der Waals surface area contributed by atoms with E-state index in [0.717, 1.165) is 18.4 Å². The van der Waals surface area contributed by atoms with Gasteiger partial charge in [0.25, 0.3) is 0 Å². The van der Waals surface area contributed by atoms with Gasteiger partial charge < -0.3 is 11.5 Å². The summed E-state index contributed by atoms with van der Waals surface area (Å²) in [4.78, 5) is 0. The number of nitrogens with two attached hydrogens (primary N) is 2. The van der Waals surface area contributed by atoms with Crippen LogP contribution in [0, 0.1) is 5.82 Å². The Morgan fingerprint density at radius 1 is 1.23 bits per heavy atom. The number of benzene rings is 1. The summed E-state index contributed by atoms with van der Waals surface area (Å²) < 4.78 is 12.5. The highest BCUT2D eigenvalue weighted by atomic mass is 19.1. The third kappa shape index (κ3) is 3.13. The Labute approximate surface area is 77.7 Å². The minimum Gasteiger partial charge on any atom is -0.330 e. The van der Waals surface area contributed by atoms with E-state index in [-0.39, 0.29) is 11.9 Å². The Bertz CT molecular complexity index is 246. The van der Waals surface area contributed by atoms with E-state index in [2.05, 4.69) is 0 Å². The van der Waals surface area contributed by atoms with Crippen LogP contribution in [0.2, 0.25) is 0 Å². The average Bonchev–Trinajstić information content (AvgIpc) is 2.15. The molecule has 4 N–H and O–H groups in total. The van der Waals surface area contributed by atoms with Crippen LogP contribution in [-0.4, -0.2) is 6.54 Å². The van der Waals surface area contributed by atoms with Crippen molar-refractivity contribution in [1.82, 2.24) is 0 Å². The van der Waals surface area contributed by atoms with Gasteiger partial charge >= 0.3 is 0 Å². The number of hydrogen-bond acceptors (Lipinski definition) is 2. The van der Waals surface area contributed by atoms with Crippen LogP contribution in [0.4, 0.5) is 4.39 Å². The van der Waals surface area contributed by atoms with E-state index in [1.807, 2.05) is 0 Å². The summed E-state index contributed by atoms with van der Waals surface area (Å²) in [5.74, 6) is -0.227. The Morgan fingerprint density at radius 2 is 1.85 bits per heavy atom. The second kappa shape index (κ2) is 4.94. The fourth-order valence-corrected chi connectivity index (χ4v) is 1.21. The fraction of sp³-hybridized carbons (Fsp3) is 0.400. The van der Waals surface area contributed by atoms with Crippen LogP contribution in [0.5, 0.6) is 0 Å². The number of halogens is 1. The monoisotopic (exact) mass is 182 g/mol. The van der Waals surface area contributed by atoms with Gasteiger partial charge in [-0.3, -0.25) is 0 Å². The molecule has 0 fully saturated rings. The molecule has 0 saturated carbocycles. The van der Waals surface area contributed by atoms with Crippen molar-refractivity contribution in [2.24, 2.45) is 11.5 Å². The maximum Gasteiger partial charge on any atom is 0.123 e. The fourth-order valence-electron chi connectivity index (χ4n) is 1.21. The largest absolute Gasteiger partial charge is 0.330 e. The first-order valence-electron chi connectivity index (χ1n) is 4.45. The van der Waals surface area contributed by atoms with Crippen LogP contribution >= 0.6 is 0 Å². The molecule has 13 heavy (non-hydrogen) atoms. The molecule has 0 aliphatic rings. The van der Waals surface area contributed by atoms with Crippen molar-refractivity contribution in [2.75, 3.05) is 6.54 Å². The Morgan fingerprint density at radius 3 is 2.38 bits per heavy atom. The molecule has 0 saturated heterocycles. The van der Waals surface area contributed by atoms with Gasteiger partial charge in [0.2, 0.25) is 0 Å². The van der Waals surface area contributed by atoms with Crippen molar-refractivity contribution in [3.8, 4) is 0 Å². The van der Waals surface area contributed by atoms with Gasteiger partial charge in [-0.05, 0) is 37.1 Å². The van der Waals surface area contributed by atoms with Gasteiger partial charge in [0.15, 0.2) is 0 Å². The lowest BCUT2D eigenvalue weighted by molar-refractivity contribution is 0.607. The minimum atomic E-state index is -0.227. The number of hydrogen-bond donors (Lipinski definition) is 2. The maximum absolute atomic E-state index is 12.5. The van der Waals surface area contributed by atoms with Crippen molar-refractivity contribution in [2.45, 2.75) is 18.9 Å². The zero-order valence-electron chi connectivity index (χ0n) is 7.54. The van der Waals surface area contributed by atoms with E-state index in [1.165, 1.54) is 12.1 Å². The van der Waals surface area contributed by atoms with Crippen LogP contribution in [0.3, 0.4) is 0 Å². The summed E-state index contributed by atoms with van der Waals surface area (Å²) in [6.45, 7) is 0.648. The van der Waals surface area contributed by atoms with Crippen molar-refractivity contribution >= 4 is 0 Å². The van der Waals surface area contributed by atoms with Gasteiger partial charge in [-0.1, -0.05) is 12.1 Å². The van der Waals surface area contributed by atoms with Gasteiger partial charge in [0.1, 0.15) is 5.82 Å². The second-order valence-electron chi connectivity index (χ2n) is 3.09. The smallest absolute Gasteiger partial charge is 0.123 e. The molecule has 1 aromatic carbocycles. The van der Waals surface area contributed by atoms with Crippen molar-refractivity contribution in [1.29, 1.82) is 0 Å². The van der Waals surface area contributed by atoms with Gasteiger partial charge in [-0.25, -0.2) is 4.39 Å². The zero-order valence-corrected chi connectivity index (χ0v) is 7.54. The molecule has 0 aliphatic heterocycles. The lowest BCUT2D eigenvalue weighted by Gasteiger charge is -2.10. The lowest BCUT2D eigenvalue weighted by Crippen LogP contribution is -2.12. The first-order chi connectivity index (χ1) is 6.24. The molecule has 0 aromatic heterocycles. The Hall–Kier alpha value is -0.930. The highest BCUT2D eigenvalue weighted by Crippen LogP contribution is 2.15. The number of rotatable bonds is 4. The molecule has 1 atom stereocenters. The van der Waals surface area contributed by atoms with E-state index < -0.39 is 0 Å². The van der Waals surface area contributed by atoms with Gasteiger partial charge in [-0.15, -0.1) is 0 Å². The molecule has 72 valence electrons. The summed E-state index contributed by atoms with van der Waals surface area (Å²) in [6.07, 6.45) is 1.75. The molecular weight excluding hydrogens is 167 g/mol. The van der Waals surface area contributed by atoms with Crippen LogP contribution in [0.25, 0.3) is 0 Å². The van der Waals surface area contributed by atoms with Crippen molar-refractivity contribution in [3.63, 3.8) is 0 Å². The van der Waals surface area contributed by atoms with E-state index >= 15 is 0 Å². The quantitative estimate of drug-likeness (QED) is 0.742. The minimum absolute atomic E-state index is 0.0239. The maximum atomic E-state index is 12.5. The van der Waals surface area contributed by atoms with Crippen LogP contribution in [-0.2, 0) is 0 Å². The molecule has 0 unspecified atom stereocenters. The summed E-state index contributed by atoms with van der Waals surface area (Å²) in [5, 5.41) is 0. The molecule has 0 spiro atoms. The van der Waals surface area contributed by atoms with E-state index in [4.69, 9.17) is 11.5 Å². The lowest BCUT2D eigenvalue weighted by atomic mass is 10.0. The van der Waals surface area contributed by atoms with E-state index in [1.54, 1.807) is 12.1 Å². The van der Waals surface area contributed by atoms with Crippen LogP contribution in [0.1, 0.15) is 24.4 Å². The third-order valence-electron chi connectivity index (χ3n) is 2.02. The predicted octanol–water partition coefficient (Wildman–Crippen LogP) is 1.56. The SMILES string of the molecule is NCCC[C@@H](N)c1ccc(F)cc1. The molecule has 0 bridgehead atoms. The first-order valence-corrected chi connectivity index (χ1v) is 4.45. The molecule has 0 aliphatic carbocycles. The molecule has 0 radical (unpaired) electrons. The highest BCUT2D eigenvalue weighted by Gasteiger charge is 2.04. The summed E-state index contributed by atoms with van der Waals surface area (Å²) in [6, 6.07) is 6.27. The average molecular weight is 182 g/mol. The molecule has 0 heterocycles. The first kappa shape index (κ1) is 10.2. The van der Waals surface area contributed by atoms with Crippen molar-refractivity contribution < 1.29 is 4.39 Å². The molecule has 2 nitrogen and oxygen atoms in total. The molecular formula is C10H15FN2. The second-order valence-corrected chi connectivity index (χ2v) is 3.09. The van der Waals surface area contributed by atoms with Crippen molar-refractivity contribution in [3.05, 3.63) is 35.6 Å².